The van der Waals surface area contributed by atoms with Gasteiger partial charge in [-0.25, -0.2) is 0 Å². The Bertz CT molecular complexity index is 1250. The normalized spacial score (nSPS) is 15.1. The zero-order valence-electron chi connectivity index (χ0n) is 18.2. The van der Waals surface area contributed by atoms with Gasteiger partial charge in [-0.3, -0.25) is 9.78 Å². The van der Waals surface area contributed by atoms with Gasteiger partial charge in [0.2, 0.25) is 5.91 Å². The van der Waals surface area contributed by atoms with Gasteiger partial charge >= 0.3 is 0 Å². The Kier molecular flexibility index (Phi) is 5.20. The number of piperazine rings is 1. The van der Waals surface area contributed by atoms with Gasteiger partial charge in [0.1, 0.15) is 0 Å². The van der Waals surface area contributed by atoms with Crippen LogP contribution in [0.25, 0.3) is 32.9 Å². The molecule has 0 spiro atoms. The number of aryl methyl sites for hydroxylation is 2. The summed E-state index contributed by atoms with van der Waals surface area (Å²) < 4.78 is 0. The average molecular weight is 413 g/mol. The number of aromatic amines is 1. The van der Waals surface area contributed by atoms with Gasteiger partial charge in [-0.15, -0.1) is 0 Å². The zero-order chi connectivity index (χ0) is 21.4. The Hall–Kier alpha value is -3.18. The number of amides is 1. The number of carbonyl (C=O) groups excluding carboxylic acids is 1. The van der Waals surface area contributed by atoms with Crippen molar-refractivity contribution >= 4 is 27.7 Å². The molecule has 0 bridgehead atoms. The lowest BCUT2D eigenvalue weighted by Gasteiger charge is -2.32. The summed E-state index contributed by atoms with van der Waals surface area (Å²) in [7, 11) is 2.11. The second kappa shape index (κ2) is 8.16. The molecular weight excluding hydrogens is 384 g/mol. The van der Waals surface area contributed by atoms with Crippen molar-refractivity contribution in [2.45, 2.75) is 19.8 Å². The molecule has 1 fully saturated rings. The van der Waals surface area contributed by atoms with Gasteiger partial charge in [0.15, 0.2) is 0 Å². The first kappa shape index (κ1) is 19.8. The maximum absolute atomic E-state index is 12.6. The number of hydrogen-bond acceptors (Lipinski definition) is 3. The molecule has 1 N–H and O–H groups in total. The van der Waals surface area contributed by atoms with E-state index in [9.17, 15) is 4.79 Å². The highest BCUT2D eigenvalue weighted by molar-refractivity contribution is 6.09. The highest BCUT2D eigenvalue weighted by Crippen LogP contribution is 2.31. The maximum Gasteiger partial charge on any atom is 0.222 e. The molecule has 0 saturated carbocycles. The van der Waals surface area contributed by atoms with Crippen LogP contribution in [0.1, 0.15) is 17.7 Å². The Labute approximate surface area is 182 Å². The summed E-state index contributed by atoms with van der Waals surface area (Å²) in [6, 6.07) is 17.2. The topological polar surface area (TPSA) is 52.2 Å². The smallest absolute Gasteiger partial charge is 0.222 e. The fraction of sp³-hybridized carbons (Fsp3) is 0.308. The van der Waals surface area contributed by atoms with Gasteiger partial charge in [-0.2, -0.15) is 0 Å². The summed E-state index contributed by atoms with van der Waals surface area (Å²) in [4.78, 5) is 24.8. The zero-order valence-corrected chi connectivity index (χ0v) is 18.2. The molecule has 1 saturated heterocycles. The van der Waals surface area contributed by atoms with Crippen LogP contribution in [0.15, 0.2) is 54.7 Å². The van der Waals surface area contributed by atoms with E-state index >= 15 is 0 Å². The lowest BCUT2D eigenvalue weighted by Crippen LogP contribution is -2.47. The van der Waals surface area contributed by atoms with Crippen molar-refractivity contribution in [1.29, 1.82) is 0 Å². The summed E-state index contributed by atoms with van der Waals surface area (Å²) in [6.07, 6.45) is 3.22. The van der Waals surface area contributed by atoms with Gasteiger partial charge < -0.3 is 14.8 Å². The molecule has 0 atom stereocenters. The number of benzene rings is 2. The quantitative estimate of drug-likeness (QED) is 0.541. The van der Waals surface area contributed by atoms with Crippen LogP contribution in [0.3, 0.4) is 0 Å². The second-order valence-corrected chi connectivity index (χ2v) is 8.59. The number of pyridine rings is 1. The molecule has 0 unspecified atom stereocenters. The van der Waals surface area contributed by atoms with E-state index in [-0.39, 0.29) is 5.91 Å². The number of likely N-dealkylation sites (N-methyl/N-ethyl adjacent to an activating group) is 1. The van der Waals surface area contributed by atoms with E-state index in [1.807, 2.05) is 18.0 Å². The van der Waals surface area contributed by atoms with Crippen molar-refractivity contribution in [2.24, 2.45) is 0 Å². The van der Waals surface area contributed by atoms with E-state index < -0.39 is 0 Å². The highest BCUT2D eigenvalue weighted by atomic mass is 16.2. The van der Waals surface area contributed by atoms with Crippen LogP contribution in [0.4, 0.5) is 0 Å². The fourth-order valence-electron chi connectivity index (χ4n) is 4.51. The van der Waals surface area contributed by atoms with E-state index in [2.05, 4.69) is 70.4 Å². The van der Waals surface area contributed by atoms with Crippen LogP contribution in [0.5, 0.6) is 0 Å². The predicted molar refractivity (Wildman–Crippen MR) is 126 cm³/mol. The number of fused-ring (bicyclic) bond motifs is 3. The molecule has 31 heavy (non-hydrogen) atoms. The summed E-state index contributed by atoms with van der Waals surface area (Å²) >= 11 is 0. The molecule has 3 heterocycles. The van der Waals surface area contributed by atoms with Gasteiger partial charge in [0.25, 0.3) is 0 Å². The lowest BCUT2D eigenvalue weighted by molar-refractivity contribution is -0.132. The molecule has 2 aromatic heterocycles. The first-order chi connectivity index (χ1) is 15.1. The first-order valence-electron chi connectivity index (χ1n) is 11.0. The van der Waals surface area contributed by atoms with Crippen LogP contribution in [0.2, 0.25) is 0 Å². The van der Waals surface area contributed by atoms with E-state index in [1.54, 1.807) is 0 Å². The van der Waals surface area contributed by atoms with Gasteiger partial charge in [-0.1, -0.05) is 30.3 Å². The van der Waals surface area contributed by atoms with E-state index in [4.69, 9.17) is 0 Å². The van der Waals surface area contributed by atoms with Crippen molar-refractivity contribution in [3.8, 4) is 11.1 Å². The number of nitrogens with zero attached hydrogens (tertiary/aromatic N) is 3. The number of nitrogens with one attached hydrogen (secondary N) is 1. The number of carbonyl (C=O) groups is 1. The predicted octanol–water partition coefficient (Wildman–Crippen LogP) is 4.40. The van der Waals surface area contributed by atoms with Gasteiger partial charge in [0.05, 0.1) is 11.2 Å². The average Bonchev–Trinajstić information content (AvgIpc) is 3.17. The van der Waals surface area contributed by atoms with Gasteiger partial charge in [0, 0.05) is 55.1 Å². The van der Waals surface area contributed by atoms with Crippen LogP contribution < -0.4 is 0 Å². The fourth-order valence-corrected chi connectivity index (χ4v) is 4.51. The molecule has 0 aliphatic carbocycles. The Morgan fingerprint density at radius 1 is 1.00 bits per heavy atom. The monoisotopic (exact) mass is 412 g/mol. The molecule has 158 valence electrons. The molecule has 5 nitrogen and oxygen atoms in total. The number of rotatable bonds is 4. The largest absolute Gasteiger partial charge is 0.353 e. The SMILES string of the molecule is Cc1nccc2c1[nH]c1ccc(-c3cccc(CCC(=O)N4CCN(C)CC4)c3)cc12. The van der Waals surface area contributed by atoms with Crippen molar-refractivity contribution in [2.75, 3.05) is 33.2 Å². The molecule has 1 aliphatic rings. The lowest BCUT2D eigenvalue weighted by atomic mass is 9.99. The third kappa shape index (κ3) is 3.93. The summed E-state index contributed by atoms with van der Waals surface area (Å²) in [6.45, 7) is 5.65. The minimum Gasteiger partial charge on any atom is -0.353 e. The molecule has 4 aromatic rings. The summed E-state index contributed by atoms with van der Waals surface area (Å²) in [5.41, 5.74) is 6.83. The standard InChI is InChI=1S/C26H28N4O/c1-18-26-22(10-11-27-18)23-17-21(7-8-24(23)28-26)20-5-3-4-19(16-20)6-9-25(31)30-14-12-29(2)13-15-30/h3-5,7-8,10-11,16-17,28H,6,9,12-15H2,1-2H3. The Balaban J connectivity index is 1.36. The number of H-pyrrole nitrogens is 1. The van der Waals surface area contributed by atoms with Crippen LogP contribution in [-0.4, -0.2) is 58.9 Å². The van der Waals surface area contributed by atoms with Crippen LogP contribution >= 0.6 is 0 Å². The highest BCUT2D eigenvalue weighted by Gasteiger charge is 2.18. The van der Waals surface area contributed by atoms with Crippen molar-refractivity contribution in [3.63, 3.8) is 0 Å². The number of aromatic nitrogens is 2. The van der Waals surface area contributed by atoms with E-state index in [1.165, 1.54) is 27.5 Å². The van der Waals surface area contributed by atoms with Crippen molar-refractivity contribution in [3.05, 3.63) is 66.0 Å². The van der Waals surface area contributed by atoms with Crippen molar-refractivity contribution in [1.82, 2.24) is 19.8 Å². The number of hydrogen-bond donors (Lipinski definition) is 1. The molecule has 5 rings (SSSR count). The second-order valence-electron chi connectivity index (χ2n) is 8.59. The Morgan fingerprint density at radius 3 is 2.65 bits per heavy atom. The minimum atomic E-state index is 0.266. The van der Waals surface area contributed by atoms with E-state index in [0.717, 1.165) is 49.3 Å². The van der Waals surface area contributed by atoms with Crippen LogP contribution in [-0.2, 0) is 11.2 Å². The third-order valence-corrected chi connectivity index (χ3v) is 6.45. The first-order valence-corrected chi connectivity index (χ1v) is 11.0. The summed E-state index contributed by atoms with van der Waals surface area (Å²) in [5, 5.41) is 2.42. The molecule has 2 aromatic carbocycles. The molecular formula is C26H28N4O. The molecule has 1 amide bonds. The minimum absolute atomic E-state index is 0.266. The van der Waals surface area contributed by atoms with Crippen LogP contribution in [0, 0.1) is 6.92 Å². The third-order valence-electron chi connectivity index (χ3n) is 6.45. The van der Waals surface area contributed by atoms with Gasteiger partial charge in [-0.05, 0) is 55.3 Å². The summed E-state index contributed by atoms with van der Waals surface area (Å²) in [5.74, 6) is 0.266. The molecule has 1 aliphatic heterocycles. The van der Waals surface area contributed by atoms with Crippen molar-refractivity contribution < 1.29 is 4.79 Å². The maximum atomic E-state index is 12.6. The molecule has 5 heteroatoms. The van der Waals surface area contributed by atoms with E-state index in [0.29, 0.717) is 6.42 Å². The molecule has 0 radical (unpaired) electrons. The Morgan fingerprint density at radius 2 is 1.81 bits per heavy atom.